The molecule has 6 rings (SSSR count). The summed E-state index contributed by atoms with van der Waals surface area (Å²) in [6, 6.07) is 13.2. The number of aromatic amines is 1. The van der Waals surface area contributed by atoms with E-state index in [1.54, 1.807) is 11.3 Å². The first kappa shape index (κ1) is 20.5. The topological polar surface area (TPSA) is 48.1 Å². The molecule has 33 heavy (non-hydrogen) atoms. The largest absolute Gasteiger partial charge is 0.304 e. The second-order valence-corrected chi connectivity index (χ2v) is 9.97. The third-order valence-electron chi connectivity index (χ3n) is 6.71. The monoisotopic (exact) mass is 453 g/mol. The van der Waals surface area contributed by atoms with Gasteiger partial charge in [0.2, 0.25) is 0 Å². The number of pyridine rings is 1. The number of benzene rings is 1. The summed E-state index contributed by atoms with van der Waals surface area (Å²) in [5.41, 5.74) is 10.1. The summed E-state index contributed by atoms with van der Waals surface area (Å²) in [6.45, 7) is 5.65. The van der Waals surface area contributed by atoms with Gasteiger partial charge in [-0.1, -0.05) is 24.3 Å². The summed E-state index contributed by atoms with van der Waals surface area (Å²) in [4.78, 5) is 10.3. The molecule has 6 heteroatoms. The van der Waals surface area contributed by atoms with E-state index in [4.69, 9.17) is 5.10 Å². The molecule has 1 saturated heterocycles. The third kappa shape index (κ3) is 4.17. The lowest BCUT2D eigenvalue weighted by atomic mass is 10.0. The van der Waals surface area contributed by atoms with E-state index in [0.29, 0.717) is 0 Å². The fourth-order valence-electron chi connectivity index (χ4n) is 4.81. The second-order valence-electron chi connectivity index (χ2n) is 9.03. The second kappa shape index (κ2) is 8.71. The Bertz CT molecular complexity index is 1300. The van der Waals surface area contributed by atoms with Crippen molar-refractivity contribution in [1.29, 1.82) is 0 Å². The molecular formula is C27H27N5S. The van der Waals surface area contributed by atoms with Gasteiger partial charge in [0.25, 0.3) is 0 Å². The Kier molecular flexibility index (Phi) is 5.42. The number of hydrogen-bond donors (Lipinski definition) is 1. The minimum atomic E-state index is 0.950. The Morgan fingerprint density at radius 2 is 1.88 bits per heavy atom. The first-order chi connectivity index (χ1) is 16.2. The summed E-state index contributed by atoms with van der Waals surface area (Å²) in [6.07, 6.45) is 8.88. The summed E-state index contributed by atoms with van der Waals surface area (Å²) < 4.78 is 0. The first-order valence-electron chi connectivity index (χ1n) is 11.5. The van der Waals surface area contributed by atoms with Crippen LogP contribution in [0.2, 0.25) is 0 Å². The predicted octanol–water partition coefficient (Wildman–Crippen LogP) is 5.02. The highest BCUT2D eigenvalue weighted by Gasteiger charge is 2.26. The average Bonchev–Trinajstić information content (AvgIpc) is 3.55. The number of rotatable bonds is 5. The van der Waals surface area contributed by atoms with E-state index in [-0.39, 0.29) is 0 Å². The lowest BCUT2D eigenvalue weighted by Crippen LogP contribution is -2.43. The number of piperazine rings is 1. The van der Waals surface area contributed by atoms with Gasteiger partial charge in [-0.25, -0.2) is 0 Å². The fraction of sp³-hybridized carbons (Fsp3) is 0.259. The van der Waals surface area contributed by atoms with Crippen molar-refractivity contribution in [2.75, 3.05) is 33.2 Å². The number of H-pyrrole nitrogens is 1. The highest BCUT2D eigenvalue weighted by molar-refractivity contribution is 7.11. The summed E-state index contributed by atoms with van der Waals surface area (Å²) in [5, 5.41) is 10.2. The molecule has 5 nitrogen and oxygen atoms in total. The van der Waals surface area contributed by atoms with Crippen LogP contribution in [0.1, 0.15) is 27.1 Å². The van der Waals surface area contributed by atoms with Crippen LogP contribution < -0.4 is 0 Å². The Hall–Kier alpha value is -3.06. The van der Waals surface area contributed by atoms with Gasteiger partial charge in [0, 0.05) is 78.5 Å². The molecule has 166 valence electrons. The van der Waals surface area contributed by atoms with Crippen molar-refractivity contribution < 1.29 is 0 Å². The molecular weight excluding hydrogens is 426 g/mol. The number of hydrogen-bond acceptors (Lipinski definition) is 5. The summed E-state index contributed by atoms with van der Waals surface area (Å²) in [5.74, 6) is 0. The van der Waals surface area contributed by atoms with Crippen LogP contribution in [0.15, 0.2) is 54.2 Å². The molecule has 1 N–H and O–H groups in total. The molecule has 0 atom stereocenters. The molecule has 0 bridgehead atoms. The van der Waals surface area contributed by atoms with Gasteiger partial charge in [0.1, 0.15) is 0 Å². The van der Waals surface area contributed by atoms with Crippen LogP contribution in [0.25, 0.3) is 34.7 Å². The summed E-state index contributed by atoms with van der Waals surface area (Å²) >= 11 is 1.75. The molecule has 0 unspecified atom stereocenters. The quantitative estimate of drug-likeness (QED) is 0.406. The van der Waals surface area contributed by atoms with Gasteiger partial charge in [0.05, 0.1) is 11.4 Å². The van der Waals surface area contributed by atoms with Gasteiger partial charge in [-0.3, -0.25) is 15.0 Å². The Morgan fingerprint density at radius 1 is 1.03 bits per heavy atom. The molecule has 3 aromatic heterocycles. The average molecular weight is 454 g/mol. The van der Waals surface area contributed by atoms with Gasteiger partial charge in [-0.2, -0.15) is 5.10 Å². The third-order valence-corrected chi connectivity index (χ3v) is 7.61. The molecule has 0 amide bonds. The number of fused-ring (bicyclic) bond motifs is 3. The van der Waals surface area contributed by atoms with Crippen LogP contribution in [-0.4, -0.2) is 58.2 Å². The van der Waals surface area contributed by atoms with Gasteiger partial charge >= 0.3 is 0 Å². The fourth-order valence-corrected chi connectivity index (χ4v) is 5.59. The van der Waals surface area contributed by atoms with Crippen molar-refractivity contribution >= 4 is 23.5 Å². The van der Waals surface area contributed by atoms with Crippen molar-refractivity contribution in [2.45, 2.75) is 13.0 Å². The Labute approximate surface area is 198 Å². The van der Waals surface area contributed by atoms with E-state index in [9.17, 15) is 0 Å². The summed E-state index contributed by atoms with van der Waals surface area (Å²) in [7, 11) is 2.21. The minimum Gasteiger partial charge on any atom is -0.304 e. The lowest BCUT2D eigenvalue weighted by Gasteiger charge is -2.32. The molecule has 0 spiro atoms. The van der Waals surface area contributed by atoms with Crippen molar-refractivity contribution in [2.24, 2.45) is 0 Å². The van der Waals surface area contributed by atoms with E-state index < -0.39 is 0 Å². The maximum atomic E-state index is 4.70. The zero-order chi connectivity index (χ0) is 22.2. The molecule has 0 radical (unpaired) electrons. The van der Waals surface area contributed by atoms with Crippen molar-refractivity contribution in [3.63, 3.8) is 0 Å². The molecule has 0 saturated carbocycles. The molecule has 1 aromatic carbocycles. The standard InChI is InChI=1S/C27H27N5S/c1-31-10-12-32(13-11-31)17-20-3-5-24-21(14-20)16-25-26(29-30-27(24)25)22-15-23(33-18-22)4-2-19-6-8-28-9-7-19/h2-9,14-15,18H,10-13,16-17H2,1H3,(H,29,30). The molecule has 2 aliphatic rings. The molecule has 4 aromatic rings. The lowest BCUT2D eigenvalue weighted by molar-refractivity contribution is 0.148. The molecule has 4 heterocycles. The smallest absolute Gasteiger partial charge is 0.0971 e. The first-order valence-corrected chi connectivity index (χ1v) is 12.4. The number of thiophene rings is 1. The van der Waals surface area contributed by atoms with E-state index >= 15 is 0 Å². The van der Waals surface area contributed by atoms with Crippen LogP contribution in [0, 0.1) is 0 Å². The van der Waals surface area contributed by atoms with Crippen LogP contribution in [0.3, 0.4) is 0 Å². The number of nitrogens with one attached hydrogen (secondary N) is 1. The Morgan fingerprint density at radius 3 is 2.73 bits per heavy atom. The predicted molar refractivity (Wildman–Crippen MR) is 136 cm³/mol. The normalized spacial score (nSPS) is 16.4. The van der Waals surface area contributed by atoms with Crippen molar-refractivity contribution in [3.05, 3.63) is 81.3 Å². The maximum absolute atomic E-state index is 4.70. The number of aromatic nitrogens is 3. The van der Waals surface area contributed by atoms with Crippen molar-refractivity contribution in [3.8, 4) is 22.5 Å². The van der Waals surface area contributed by atoms with Crippen molar-refractivity contribution in [1.82, 2.24) is 25.0 Å². The van der Waals surface area contributed by atoms with Gasteiger partial charge in [0.15, 0.2) is 0 Å². The SMILES string of the molecule is CN1CCN(Cc2ccc3c(c2)Cc2c(-c4csc(C=Cc5ccncc5)c4)n[nH]c2-3)CC1. The minimum absolute atomic E-state index is 0.950. The van der Waals surface area contributed by atoms with E-state index in [1.165, 1.54) is 38.4 Å². The highest BCUT2D eigenvalue weighted by Crippen LogP contribution is 2.41. The van der Waals surface area contributed by atoms with Gasteiger partial charge in [-0.15, -0.1) is 11.3 Å². The highest BCUT2D eigenvalue weighted by atomic mass is 32.1. The zero-order valence-corrected chi connectivity index (χ0v) is 19.6. The van der Waals surface area contributed by atoms with Crippen LogP contribution >= 0.6 is 11.3 Å². The number of likely N-dealkylation sites (N-methyl/N-ethyl adjacent to an activating group) is 1. The van der Waals surface area contributed by atoms with Gasteiger partial charge < -0.3 is 4.90 Å². The van der Waals surface area contributed by atoms with Crippen LogP contribution in [0.5, 0.6) is 0 Å². The van der Waals surface area contributed by atoms with Gasteiger partial charge in [-0.05, 0) is 48.0 Å². The van der Waals surface area contributed by atoms with E-state index in [1.807, 2.05) is 24.5 Å². The molecule has 1 aliphatic carbocycles. The van der Waals surface area contributed by atoms with Crippen LogP contribution in [-0.2, 0) is 13.0 Å². The molecule has 1 aliphatic heterocycles. The number of nitrogens with zero attached hydrogens (tertiary/aromatic N) is 4. The zero-order valence-electron chi connectivity index (χ0n) is 18.8. The van der Waals surface area contributed by atoms with E-state index in [0.717, 1.165) is 50.4 Å². The molecule has 1 fully saturated rings. The Balaban J connectivity index is 1.20. The van der Waals surface area contributed by atoms with Crippen LogP contribution in [0.4, 0.5) is 0 Å². The maximum Gasteiger partial charge on any atom is 0.0971 e. The van der Waals surface area contributed by atoms with E-state index in [2.05, 4.69) is 68.7 Å².